The minimum Gasteiger partial charge on any atom is -0.459 e. The molecule has 1 aliphatic rings. The fourth-order valence-electron chi connectivity index (χ4n) is 1.97. The summed E-state index contributed by atoms with van der Waals surface area (Å²) < 4.78 is 20.7. The van der Waals surface area contributed by atoms with Gasteiger partial charge in [0.25, 0.3) is 0 Å². The van der Waals surface area contributed by atoms with Crippen LogP contribution in [0.2, 0.25) is 0 Å². The van der Waals surface area contributed by atoms with E-state index < -0.39 is 19.1 Å². The zero-order valence-electron chi connectivity index (χ0n) is 13.4. The molecule has 1 N–H and O–H groups in total. The predicted molar refractivity (Wildman–Crippen MR) is 85.8 cm³/mol. The number of benzene rings is 1. The SMILES string of the molecule is C=C(C)C(=O)OCCOC(=O)c1ccc(B2OCC(CO)O2)cc1. The molecule has 0 amide bonds. The number of esters is 2. The minimum absolute atomic E-state index is 0.0260. The Balaban J connectivity index is 1.79. The Kier molecular flexibility index (Phi) is 6.54. The second-order valence-electron chi connectivity index (χ2n) is 5.28. The van der Waals surface area contributed by atoms with Crippen LogP contribution in [0.3, 0.4) is 0 Å². The van der Waals surface area contributed by atoms with Crippen LogP contribution in [-0.4, -0.2) is 56.7 Å². The molecule has 0 bridgehead atoms. The maximum absolute atomic E-state index is 11.9. The van der Waals surface area contributed by atoms with Gasteiger partial charge in [0.15, 0.2) is 0 Å². The first-order chi connectivity index (χ1) is 11.5. The van der Waals surface area contributed by atoms with Crippen LogP contribution in [0.25, 0.3) is 0 Å². The first kappa shape index (κ1) is 18.2. The van der Waals surface area contributed by atoms with Gasteiger partial charge >= 0.3 is 19.1 Å². The van der Waals surface area contributed by atoms with Gasteiger partial charge in [0, 0.05) is 5.57 Å². The first-order valence-electron chi connectivity index (χ1n) is 7.49. The van der Waals surface area contributed by atoms with Gasteiger partial charge in [-0.1, -0.05) is 18.7 Å². The van der Waals surface area contributed by atoms with E-state index in [0.717, 1.165) is 5.46 Å². The normalized spacial score (nSPS) is 16.8. The van der Waals surface area contributed by atoms with Crippen LogP contribution >= 0.6 is 0 Å². The monoisotopic (exact) mass is 334 g/mol. The predicted octanol–water partition coefficient (Wildman–Crippen LogP) is 0.0656. The topological polar surface area (TPSA) is 91.3 Å². The summed E-state index contributed by atoms with van der Waals surface area (Å²) >= 11 is 0. The van der Waals surface area contributed by atoms with Gasteiger partial charge in [0.05, 0.1) is 24.9 Å². The molecule has 1 heterocycles. The molecule has 2 rings (SSSR count). The third-order valence-corrected chi connectivity index (χ3v) is 3.27. The smallest absolute Gasteiger partial charge is 0.459 e. The number of hydrogen-bond acceptors (Lipinski definition) is 7. The highest BCUT2D eigenvalue weighted by atomic mass is 16.6. The highest BCUT2D eigenvalue weighted by Crippen LogP contribution is 2.09. The van der Waals surface area contributed by atoms with Crippen molar-refractivity contribution in [3.8, 4) is 0 Å². The molecule has 1 unspecified atom stereocenters. The zero-order chi connectivity index (χ0) is 17.5. The summed E-state index contributed by atoms with van der Waals surface area (Å²) in [6, 6.07) is 6.58. The molecule has 1 aliphatic heterocycles. The molecule has 1 fully saturated rings. The van der Waals surface area contributed by atoms with Gasteiger partial charge in [-0.2, -0.15) is 0 Å². The van der Waals surface area contributed by atoms with Crippen molar-refractivity contribution in [2.24, 2.45) is 0 Å². The Morgan fingerprint density at radius 1 is 1.29 bits per heavy atom. The van der Waals surface area contributed by atoms with Gasteiger partial charge in [0.1, 0.15) is 13.2 Å². The van der Waals surface area contributed by atoms with Crippen molar-refractivity contribution in [2.45, 2.75) is 13.0 Å². The number of aliphatic hydroxyl groups is 1. The lowest BCUT2D eigenvalue weighted by Gasteiger charge is -2.08. The summed E-state index contributed by atoms with van der Waals surface area (Å²) in [7, 11) is -0.547. The molecule has 7 nitrogen and oxygen atoms in total. The van der Waals surface area contributed by atoms with Crippen LogP contribution in [-0.2, 0) is 23.6 Å². The zero-order valence-corrected chi connectivity index (χ0v) is 13.4. The Hall–Kier alpha value is -2.16. The largest absolute Gasteiger partial charge is 0.494 e. The number of aliphatic hydroxyl groups excluding tert-OH is 1. The minimum atomic E-state index is -0.547. The summed E-state index contributed by atoms with van der Waals surface area (Å²) in [5.74, 6) is -1.04. The van der Waals surface area contributed by atoms with Crippen LogP contribution in [0.1, 0.15) is 17.3 Å². The number of hydrogen-bond donors (Lipinski definition) is 1. The summed E-state index contributed by atoms with van der Waals surface area (Å²) in [5, 5.41) is 9.01. The van der Waals surface area contributed by atoms with Crippen LogP contribution in [0.5, 0.6) is 0 Å². The van der Waals surface area contributed by atoms with Gasteiger partial charge in [-0.25, -0.2) is 9.59 Å². The Morgan fingerprint density at radius 2 is 1.96 bits per heavy atom. The summed E-state index contributed by atoms with van der Waals surface area (Å²) in [6.07, 6.45) is -0.332. The fraction of sp³-hybridized carbons (Fsp3) is 0.375. The van der Waals surface area contributed by atoms with Crippen LogP contribution in [0.4, 0.5) is 0 Å². The van der Waals surface area contributed by atoms with E-state index >= 15 is 0 Å². The van der Waals surface area contributed by atoms with E-state index in [2.05, 4.69) is 6.58 Å². The highest BCUT2D eigenvalue weighted by Gasteiger charge is 2.32. The van der Waals surface area contributed by atoms with E-state index in [0.29, 0.717) is 12.2 Å². The molecule has 0 radical (unpaired) electrons. The average Bonchev–Trinajstić information content (AvgIpc) is 3.07. The lowest BCUT2D eigenvalue weighted by Crippen LogP contribution is -2.33. The second-order valence-corrected chi connectivity index (χ2v) is 5.28. The van der Waals surface area contributed by atoms with Crippen molar-refractivity contribution in [1.82, 2.24) is 0 Å². The second kappa shape index (κ2) is 8.63. The lowest BCUT2D eigenvalue weighted by atomic mass is 9.79. The molecule has 24 heavy (non-hydrogen) atoms. The fourth-order valence-corrected chi connectivity index (χ4v) is 1.97. The summed E-state index contributed by atoms with van der Waals surface area (Å²) in [5.41, 5.74) is 1.40. The van der Waals surface area contributed by atoms with Gasteiger partial charge in [0.2, 0.25) is 0 Å². The molecule has 0 aromatic heterocycles. The number of ether oxygens (including phenoxy) is 2. The average molecular weight is 334 g/mol. The Bertz CT molecular complexity index is 599. The molecule has 0 spiro atoms. The van der Waals surface area contributed by atoms with Crippen molar-refractivity contribution in [3.05, 3.63) is 42.0 Å². The molecule has 0 aliphatic carbocycles. The molecule has 1 aromatic rings. The molecule has 0 saturated carbocycles. The summed E-state index contributed by atoms with van der Waals surface area (Å²) in [4.78, 5) is 23.0. The quantitative estimate of drug-likeness (QED) is 0.326. The third-order valence-electron chi connectivity index (χ3n) is 3.27. The van der Waals surface area contributed by atoms with Gasteiger partial charge < -0.3 is 23.9 Å². The summed E-state index contributed by atoms with van der Waals surface area (Å²) in [6.45, 7) is 5.15. The molecular formula is C16H19BO7. The Labute approximate surface area is 140 Å². The molecule has 128 valence electrons. The van der Waals surface area contributed by atoms with Crippen molar-refractivity contribution in [2.75, 3.05) is 26.4 Å². The van der Waals surface area contributed by atoms with Crippen molar-refractivity contribution < 1.29 is 33.5 Å². The van der Waals surface area contributed by atoms with Crippen molar-refractivity contribution >= 4 is 24.5 Å². The molecule has 8 heteroatoms. The molecule has 1 aromatic carbocycles. The maximum Gasteiger partial charge on any atom is 0.494 e. The van der Waals surface area contributed by atoms with Gasteiger partial charge in [-0.3, -0.25) is 0 Å². The van der Waals surface area contributed by atoms with E-state index in [9.17, 15) is 9.59 Å². The standard InChI is InChI=1S/C16H19BO7/c1-11(2)15(19)21-7-8-22-16(20)12-3-5-13(6-4-12)17-23-10-14(9-18)24-17/h3-6,14,18H,1,7-10H2,2H3. The molecule has 1 saturated heterocycles. The van der Waals surface area contributed by atoms with Crippen LogP contribution in [0, 0.1) is 0 Å². The van der Waals surface area contributed by atoms with E-state index in [1.165, 1.54) is 6.92 Å². The van der Waals surface area contributed by atoms with Crippen LogP contribution < -0.4 is 5.46 Å². The molecule has 1 atom stereocenters. The maximum atomic E-state index is 11.9. The van der Waals surface area contributed by atoms with E-state index in [1.54, 1.807) is 24.3 Å². The number of rotatable bonds is 7. The van der Waals surface area contributed by atoms with Crippen LogP contribution in [0.15, 0.2) is 36.4 Å². The third kappa shape index (κ3) is 4.92. The van der Waals surface area contributed by atoms with Crippen molar-refractivity contribution in [3.63, 3.8) is 0 Å². The molecular weight excluding hydrogens is 315 g/mol. The first-order valence-corrected chi connectivity index (χ1v) is 7.49. The number of carbonyl (C=O) groups is 2. The number of carbonyl (C=O) groups excluding carboxylic acids is 2. The van der Waals surface area contributed by atoms with E-state index in [4.69, 9.17) is 23.9 Å². The van der Waals surface area contributed by atoms with E-state index in [1.807, 2.05) is 0 Å². The highest BCUT2D eigenvalue weighted by molar-refractivity contribution is 6.61. The Morgan fingerprint density at radius 3 is 2.54 bits per heavy atom. The van der Waals surface area contributed by atoms with E-state index in [-0.39, 0.29) is 31.5 Å². The van der Waals surface area contributed by atoms with Crippen molar-refractivity contribution in [1.29, 1.82) is 0 Å². The lowest BCUT2D eigenvalue weighted by molar-refractivity contribution is -0.140. The van der Waals surface area contributed by atoms with Gasteiger partial charge in [-0.05, 0) is 24.5 Å². The van der Waals surface area contributed by atoms with Gasteiger partial charge in [-0.15, -0.1) is 0 Å².